The van der Waals surface area contributed by atoms with Gasteiger partial charge in [0.15, 0.2) is 0 Å². The fraction of sp³-hybridized carbons (Fsp3) is 0. The average molecular weight is 559 g/mol. The predicted molar refractivity (Wildman–Crippen MR) is 150 cm³/mol. The van der Waals surface area contributed by atoms with Crippen LogP contribution < -0.4 is 14.9 Å². The third-order valence-electron chi connectivity index (χ3n) is 5.21. The van der Waals surface area contributed by atoms with Crippen LogP contribution in [0.5, 0.6) is 11.5 Å². The summed E-state index contributed by atoms with van der Waals surface area (Å²) in [5, 5.41) is 4.97. The van der Waals surface area contributed by atoms with Crippen LogP contribution in [-0.4, -0.2) is 24.1 Å². The van der Waals surface area contributed by atoms with Gasteiger partial charge in [-0.05, 0) is 72.8 Å². The summed E-state index contributed by atoms with van der Waals surface area (Å²) in [4.78, 5) is 37.3. The molecular formula is C30H20Cl2N2O5. The molecule has 0 radical (unpaired) electrons. The first-order valence-corrected chi connectivity index (χ1v) is 12.3. The van der Waals surface area contributed by atoms with Gasteiger partial charge in [-0.3, -0.25) is 4.79 Å². The lowest BCUT2D eigenvalue weighted by atomic mass is 10.2. The molecule has 1 amide bonds. The first-order valence-electron chi connectivity index (χ1n) is 11.5. The van der Waals surface area contributed by atoms with E-state index in [9.17, 15) is 14.4 Å². The Morgan fingerprint density at radius 1 is 0.667 bits per heavy atom. The topological polar surface area (TPSA) is 94.1 Å². The minimum Gasteiger partial charge on any atom is -0.423 e. The molecule has 0 aromatic heterocycles. The minimum atomic E-state index is -0.667. The minimum absolute atomic E-state index is 0.235. The second-order valence-electron chi connectivity index (χ2n) is 7.93. The van der Waals surface area contributed by atoms with Crippen LogP contribution in [-0.2, 0) is 4.79 Å². The summed E-state index contributed by atoms with van der Waals surface area (Å²) in [6.45, 7) is 0. The molecule has 4 aromatic carbocycles. The first-order chi connectivity index (χ1) is 18.9. The van der Waals surface area contributed by atoms with Crippen molar-refractivity contribution < 1.29 is 23.9 Å². The van der Waals surface area contributed by atoms with Crippen LogP contribution >= 0.6 is 23.2 Å². The number of carbonyl (C=O) groups excluding carboxylic acids is 3. The van der Waals surface area contributed by atoms with E-state index in [4.69, 9.17) is 32.7 Å². The van der Waals surface area contributed by atoms with Crippen LogP contribution in [0.1, 0.15) is 31.8 Å². The quantitative estimate of drug-likeness (QED) is 0.0864. The second-order valence-corrected chi connectivity index (χ2v) is 8.81. The molecule has 9 heteroatoms. The van der Waals surface area contributed by atoms with Crippen molar-refractivity contribution in [1.82, 2.24) is 5.43 Å². The number of hydrogen-bond acceptors (Lipinski definition) is 6. The van der Waals surface area contributed by atoms with Crippen molar-refractivity contribution in [2.24, 2.45) is 5.10 Å². The number of esters is 2. The molecule has 0 aliphatic heterocycles. The molecule has 4 aromatic rings. The van der Waals surface area contributed by atoms with Gasteiger partial charge in [0.25, 0.3) is 5.91 Å². The van der Waals surface area contributed by atoms with E-state index in [1.807, 2.05) is 0 Å². The van der Waals surface area contributed by atoms with Crippen LogP contribution in [0.3, 0.4) is 0 Å². The maximum absolute atomic E-state index is 12.6. The molecule has 4 rings (SSSR count). The van der Waals surface area contributed by atoms with Crippen molar-refractivity contribution >= 4 is 53.3 Å². The van der Waals surface area contributed by atoms with E-state index in [0.29, 0.717) is 32.3 Å². The number of carbonyl (C=O) groups is 3. The maximum atomic E-state index is 12.6. The number of hydrogen-bond donors (Lipinski definition) is 1. The molecular weight excluding hydrogens is 539 g/mol. The van der Waals surface area contributed by atoms with Gasteiger partial charge in [-0.15, -0.1) is 0 Å². The zero-order valence-corrected chi connectivity index (χ0v) is 21.7. The van der Waals surface area contributed by atoms with Crippen molar-refractivity contribution in [3.05, 3.63) is 135 Å². The highest BCUT2D eigenvalue weighted by Gasteiger charge is 2.11. The monoisotopic (exact) mass is 558 g/mol. The molecule has 7 nitrogen and oxygen atoms in total. The van der Waals surface area contributed by atoms with Gasteiger partial charge in [-0.1, -0.05) is 53.5 Å². The van der Waals surface area contributed by atoms with Gasteiger partial charge in [0.2, 0.25) is 0 Å². The van der Waals surface area contributed by atoms with E-state index in [0.717, 1.165) is 0 Å². The highest BCUT2D eigenvalue weighted by molar-refractivity contribution is 6.31. The lowest BCUT2D eigenvalue weighted by Crippen LogP contribution is -2.17. The van der Waals surface area contributed by atoms with Crippen LogP contribution in [0.25, 0.3) is 6.08 Å². The molecule has 194 valence electrons. The normalized spacial score (nSPS) is 10.9. The zero-order valence-electron chi connectivity index (χ0n) is 20.2. The van der Waals surface area contributed by atoms with Crippen LogP contribution in [0.15, 0.2) is 108 Å². The molecule has 0 aliphatic carbocycles. The van der Waals surface area contributed by atoms with Gasteiger partial charge >= 0.3 is 11.9 Å². The molecule has 0 atom stereocenters. The van der Waals surface area contributed by atoms with Crippen LogP contribution in [0.2, 0.25) is 10.0 Å². The van der Waals surface area contributed by atoms with Crippen molar-refractivity contribution in [2.75, 3.05) is 0 Å². The molecule has 0 fully saturated rings. The number of para-hydroxylation sites is 2. The Hall–Kier alpha value is -4.72. The van der Waals surface area contributed by atoms with E-state index in [-0.39, 0.29) is 11.5 Å². The first kappa shape index (κ1) is 27.3. The number of ether oxygens (including phenoxy) is 2. The fourth-order valence-electron chi connectivity index (χ4n) is 3.26. The Kier molecular flexibility index (Phi) is 9.24. The van der Waals surface area contributed by atoms with E-state index in [1.165, 1.54) is 18.4 Å². The summed E-state index contributed by atoms with van der Waals surface area (Å²) in [6, 6.07) is 26.1. The van der Waals surface area contributed by atoms with E-state index in [1.54, 1.807) is 97.1 Å². The maximum Gasteiger partial charge on any atom is 0.343 e. The van der Waals surface area contributed by atoms with E-state index in [2.05, 4.69) is 10.5 Å². The highest BCUT2D eigenvalue weighted by Crippen LogP contribution is 2.22. The molecule has 0 saturated carbocycles. The number of halogens is 2. The van der Waals surface area contributed by atoms with E-state index < -0.39 is 17.8 Å². The Morgan fingerprint density at radius 2 is 1.21 bits per heavy atom. The smallest absolute Gasteiger partial charge is 0.343 e. The standard InChI is InChI=1S/C30H20Cl2N2O5/c31-24-14-9-21(10-15-24)29(36)34-33-19-23-6-2-4-8-27(23)38-28(35)18-13-20-5-1-3-7-26(20)39-30(37)22-11-16-25(32)17-12-22/h1-19H,(H,34,36)/b18-13+,33-19+. The molecule has 0 bridgehead atoms. The number of nitrogens with zero attached hydrogens (tertiary/aromatic N) is 1. The Balaban J connectivity index is 1.40. The van der Waals surface area contributed by atoms with Gasteiger partial charge in [-0.2, -0.15) is 5.10 Å². The summed E-state index contributed by atoms with van der Waals surface area (Å²) in [7, 11) is 0. The van der Waals surface area contributed by atoms with Crippen molar-refractivity contribution in [1.29, 1.82) is 0 Å². The number of amides is 1. The molecule has 39 heavy (non-hydrogen) atoms. The van der Waals surface area contributed by atoms with Crippen LogP contribution in [0.4, 0.5) is 0 Å². The lowest BCUT2D eigenvalue weighted by molar-refractivity contribution is -0.128. The van der Waals surface area contributed by atoms with Gasteiger partial charge in [0.05, 0.1) is 11.8 Å². The van der Waals surface area contributed by atoms with Gasteiger partial charge < -0.3 is 9.47 Å². The number of rotatable bonds is 8. The zero-order chi connectivity index (χ0) is 27.6. The Labute approximate surface area is 234 Å². The highest BCUT2D eigenvalue weighted by atomic mass is 35.5. The van der Waals surface area contributed by atoms with Gasteiger partial charge in [0, 0.05) is 32.8 Å². The van der Waals surface area contributed by atoms with Crippen molar-refractivity contribution in [3.63, 3.8) is 0 Å². The fourth-order valence-corrected chi connectivity index (χ4v) is 3.51. The molecule has 0 aliphatic rings. The van der Waals surface area contributed by atoms with Gasteiger partial charge in [-0.25, -0.2) is 15.0 Å². The average Bonchev–Trinajstić information content (AvgIpc) is 2.94. The molecule has 0 spiro atoms. The summed E-state index contributed by atoms with van der Waals surface area (Å²) in [6.07, 6.45) is 4.06. The molecule has 0 heterocycles. The van der Waals surface area contributed by atoms with Gasteiger partial charge in [0.1, 0.15) is 11.5 Å². The second kappa shape index (κ2) is 13.2. The SMILES string of the molecule is O=C(/C=C/c1ccccc1OC(=O)c1ccc(Cl)cc1)Oc1ccccc1/C=N/NC(=O)c1ccc(Cl)cc1. The summed E-state index contributed by atoms with van der Waals surface area (Å²) >= 11 is 11.7. The van der Waals surface area contributed by atoms with E-state index >= 15 is 0 Å². The van der Waals surface area contributed by atoms with Crippen molar-refractivity contribution in [3.8, 4) is 11.5 Å². The molecule has 0 saturated heterocycles. The summed E-state index contributed by atoms with van der Waals surface area (Å²) in [5.41, 5.74) is 4.10. The number of benzene rings is 4. The molecule has 1 N–H and O–H groups in total. The third-order valence-corrected chi connectivity index (χ3v) is 5.71. The van der Waals surface area contributed by atoms with Crippen molar-refractivity contribution in [2.45, 2.75) is 0 Å². The molecule has 0 unspecified atom stereocenters. The largest absolute Gasteiger partial charge is 0.423 e. The summed E-state index contributed by atoms with van der Waals surface area (Å²) < 4.78 is 11.0. The Morgan fingerprint density at radius 3 is 1.85 bits per heavy atom. The summed E-state index contributed by atoms with van der Waals surface area (Å²) in [5.74, 6) is -1.15. The third kappa shape index (κ3) is 7.88. The number of nitrogens with one attached hydrogen (secondary N) is 1. The number of hydrazone groups is 1. The Bertz CT molecular complexity index is 1550. The lowest BCUT2D eigenvalue weighted by Gasteiger charge is -2.08. The van der Waals surface area contributed by atoms with Crippen LogP contribution in [0, 0.1) is 0 Å². The predicted octanol–water partition coefficient (Wildman–Crippen LogP) is 6.60.